The van der Waals surface area contributed by atoms with E-state index < -0.39 is 11.5 Å². The van der Waals surface area contributed by atoms with Gasteiger partial charge in [-0.05, 0) is 60.1 Å². The van der Waals surface area contributed by atoms with E-state index in [2.05, 4.69) is 12.3 Å². The Kier molecular flexibility index (Phi) is 5.57. The van der Waals surface area contributed by atoms with E-state index in [0.29, 0.717) is 25.6 Å². The van der Waals surface area contributed by atoms with Crippen LogP contribution in [0.1, 0.15) is 54.2 Å². The molecule has 6 nitrogen and oxygen atoms in total. The van der Waals surface area contributed by atoms with Crippen LogP contribution in [0.4, 0.5) is 0 Å². The van der Waals surface area contributed by atoms with E-state index >= 15 is 0 Å². The number of carboxylic acids is 1. The molecule has 1 fully saturated rings. The van der Waals surface area contributed by atoms with Gasteiger partial charge in [-0.2, -0.15) is 0 Å². The molecule has 1 saturated carbocycles. The number of rotatable bonds is 6. The van der Waals surface area contributed by atoms with E-state index in [-0.39, 0.29) is 11.5 Å². The molecule has 0 aromatic carbocycles. The Balaban J connectivity index is 2.28. The summed E-state index contributed by atoms with van der Waals surface area (Å²) >= 11 is 0. The highest BCUT2D eigenvalue weighted by Gasteiger charge is 2.34. The summed E-state index contributed by atoms with van der Waals surface area (Å²) in [6.07, 6.45) is 3.95. The Hall–Kier alpha value is -2.66. The van der Waals surface area contributed by atoms with Crippen LogP contribution in [-0.2, 0) is 6.54 Å². The number of nitrogens with zero attached hydrogens (tertiary/aromatic N) is 1. The summed E-state index contributed by atoms with van der Waals surface area (Å²) in [6, 6.07) is 1.57. The van der Waals surface area contributed by atoms with Gasteiger partial charge in [-0.1, -0.05) is 13.5 Å². The molecule has 0 spiro atoms. The predicted octanol–water partition coefficient (Wildman–Crippen LogP) is 2.40. The predicted molar refractivity (Wildman–Crippen MR) is 110 cm³/mol. The molecule has 0 bridgehead atoms. The largest absolute Gasteiger partial charge is 0.477 e. The quantitative estimate of drug-likeness (QED) is 0.517. The van der Waals surface area contributed by atoms with Crippen molar-refractivity contribution in [3.05, 3.63) is 68.3 Å². The number of pyridine rings is 1. The lowest BCUT2D eigenvalue weighted by Crippen LogP contribution is -2.35. The van der Waals surface area contributed by atoms with Crippen molar-refractivity contribution in [1.29, 1.82) is 0 Å². The third kappa shape index (κ3) is 3.42. The van der Waals surface area contributed by atoms with Crippen molar-refractivity contribution >= 4 is 11.5 Å². The van der Waals surface area contributed by atoms with Crippen molar-refractivity contribution in [3.8, 4) is 0 Å². The number of carboxylic acid groups (broad SMARTS) is 1. The molecule has 1 aliphatic heterocycles. The number of hydrogen-bond acceptors (Lipinski definition) is 4. The zero-order valence-electron chi connectivity index (χ0n) is 16.4. The fourth-order valence-corrected chi connectivity index (χ4v) is 4.10. The first-order chi connectivity index (χ1) is 13.3. The molecular weight excluding hydrogens is 354 g/mol. The molecule has 6 heteroatoms. The van der Waals surface area contributed by atoms with Crippen molar-refractivity contribution in [2.45, 2.75) is 39.2 Å². The van der Waals surface area contributed by atoms with Crippen LogP contribution in [0.3, 0.4) is 0 Å². The highest BCUT2D eigenvalue weighted by Crippen LogP contribution is 2.46. The third-order valence-corrected chi connectivity index (χ3v) is 5.63. The van der Waals surface area contributed by atoms with Crippen LogP contribution >= 0.6 is 0 Å². The molecule has 0 saturated heterocycles. The average Bonchev–Trinajstić information content (AvgIpc) is 3.50. The van der Waals surface area contributed by atoms with E-state index in [1.807, 2.05) is 19.9 Å². The fourth-order valence-electron chi connectivity index (χ4n) is 4.10. The molecule has 1 aromatic heterocycles. The van der Waals surface area contributed by atoms with Crippen LogP contribution in [0.5, 0.6) is 0 Å². The number of allylic oxidation sites excluding steroid dienone is 4. The van der Waals surface area contributed by atoms with E-state index in [0.717, 1.165) is 46.4 Å². The van der Waals surface area contributed by atoms with Gasteiger partial charge in [0, 0.05) is 31.1 Å². The molecule has 148 valence electrons. The van der Waals surface area contributed by atoms with Gasteiger partial charge in [0.1, 0.15) is 5.56 Å². The number of nitrogens with two attached hydrogens (primary N) is 2. The van der Waals surface area contributed by atoms with Crippen molar-refractivity contribution in [1.82, 2.24) is 4.57 Å². The Morgan fingerprint density at radius 2 is 2.04 bits per heavy atom. The van der Waals surface area contributed by atoms with Crippen molar-refractivity contribution in [3.63, 3.8) is 0 Å². The minimum absolute atomic E-state index is 0.00130. The van der Waals surface area contributed by atoms with Crippen LogP contribution in [-0.4, -0.2) is 28.7 Å². The molecule has 1 aliphatic carbocycles. The average molecular weight is 381 g/mol. The molecular formula is C22H27N3O3. The first-order valence-corrected chi connectivity index (χ1v) is 9.56. The maximum atomic E-state index is 12.8. The Morgan fingerprint density at radius 1 is 1.39 bits per heavy atom. The first-order valence-electron chi connectivity index (χ1n) is 9.56. The smallest absolute Gasteiger partial charge is 0.341 e. The van der Waals surface area contributed by atoms with Gasteiger partial charge in [0.2, 0.25) is 0 Å². The molecule has 5 N–H and O–H groups in total. The minimum Gasteiger partial charge on any atom is -0.477 e. The second-order valence-electron chi connectivity index (χ2n) is 7.60. The van der Waals surface area contributed by atoms with E-state index in [9.17, 15) is 14.7 Å². The summed E-state index contributed by atoms with van der Waals surface area (Å²) in [7, 11) is 0. The Morgan fingerprint density at radius 3 is 2.54 bits per heavy atom. The third-order valence-electron chi connectivity index (χ3n) is 5.63. The summed E-state index contributed by atoms with van der Waals surface area (Å²) in [5, 5.41) is 9.48. The number of hydrogen-bond donors (Lipinski definition) is 3. The van der Waals surface area contributed by atoms with Gasteiger partial charge in [-0.25, -0.2) is 4.79 Å². The SMILES string of the molecule is C=C=C(C=C(CN)CN)C1=C(C)c2c(C3CC3)cc(C(=O)O)c(=O)n2CC1C. The molecule has 3 rings (SSSR count). The fraction of sp³-hybridized carbons (Fsp3) is 0.409. The zero-order chi connectivity index (χ0) is 20.6. The molecule has 2 aliphatic rings. The van der Waals surface area contributed by atoms with E-state index in [4.69, 9.17) is 11.5 Å². The second-order valence-corrected chi connectivity index (χ2v) is 7.60. The number of aromatic nitrogens is 1. The summed E-state index contributed by atoms with van der Waals surface area (Å²) in [6.45, 7) is 8.97. The van der Waals surface area contributed by atoms with Crippen LogP contribution in [0.15, 0.2) is 46.0 Å². The van der Waals surface area contributed by atoms with E-state index in [1.165, 1.54) is 0 Å². The van der Waals surface area contributed by atoms with Gasteiger partial charge < -0.3 is 21.1 Å². The van der Waals surface area contributed by atoms with E-state index in [1.54, 1.807) is 10.6 Å². The standard InChI is InChI=1S/C22H27N3O3/c1-4-15(7-14(9-23)10-24)19-12(2)11-25-20(13(19)3)17(16-5-6-16)8-18(21(25)26)22(27)28/h7-8,12,16H,1,5-6,9-11,23-24H2,2-3H3,(H,27,28). The monoisotopic (exact) mass is 381 g/mol. The normalized spacial score (nSPS) is 18.4. The van der Waals surface area contributed by atoms with Gasteiger partial charge in [0.25, 0.3) is 5.56 Å². The molecule has 1 aromatic rings. The first kappa shape index (κ1) is 20.1. The van der Waals surface area contributed by atoms with Gasteiger partial charge in [-0.3, -0.25) is 4.79 Å². The zero-order valence-corrected chi connectivity index (χ0v) is 16.4. The highest BCUT2D eigenvalue weighted by molar-refractivity contribution is 5.88. The molecule has 0 amide bonds. The van der Waals surface area contributed by atoms with Crippen molar-refractivity contribution in [2.24, 2.45) is 17.4 Å². The lowest BCUT2D eigenvalue weighted by molar-refractivity contribution is 0.0694. The van der Waals surface area contributed by atoms with Crippen LogP contribution in [0, 0.1) is 5.92 Å². The Labute approximate surface area is 164 Å². The van der Waals surface area contributed by atoms with Gasteiger partial charge in [0.05, 0.1) is 5.69 Å². The maximum absolute atomic E-state index is 12.8. The molecule has 2 heterocycles. The summed E-state index contributed by atoms with van der Waals surface area (Å²) in [5.41, 5.74) is 19.5. The van der Waals surface area contributed by atoms with Gasteiger partial charge >= 0.3 is 5.97 Å². The molecule has 0 radical (unpaired) electrons. The van der Waals surface area contributed by atoms with Crippen LogP contribution in [0.25, 0.3) is 5.57 Å². The molecule has 1 unspecified atom stereocenters. The van der Waals surface area contributed by atoms with Gasteiger partial charge in [-0.15, -0.1) is 5.73 Å². The summed E-state index contributed by atoms with van der Waals surface area (Å²) in [4.78, 5) is 24.4. The van der Waals surface area contributed by atoms with Crippen molar-refractivity contribution < 1.29 is 9.90 Å². The molecule has 28 heavy (non-hydrogen) atoms. The summed E-state index contributed by atoms with van der Waals surface area (Å²) in [5.74, 6) is -0.870. The lowest BCUT2D eigenvalue weighted by atomic mass is 9.83. The topological polar surface area (TPSA) is 111 Å². The molecule has 1 atom stereocenters. The second kappa shape index (κ2) is 7.76. The number of aromatic carboxylic acids is 1. The van der Waals surface area contributed by atoms with Gasteiger partial charge in [0.15, 0.2) is 0 Å². The minimum atomic E-state index is -1.17. The van der Waals surface area contributed by atoms with Crippen molar-refractivity contribution in [2.75, 3.05) is 13.1 Å². The van der Waals surface area contributed by atoms with Crippen LogP contribution in [0.2, 0.25) is 0 Å². The Bertz CT molecular complexity index is 997. The van der Waals surface area contributed by atoms with Crippen LogP contribution < -0.4 is 17.0 Å². The maximum Gasteiger partial charge on any atom is 0.341 e. The number of fused-ring (bicyclic) bond motifs is 1. The summed E-state index contributed by atoms with van der Waals surface area (Å²) < 4.78 is 1.64. The highest BCUT2D eigenvalue weighted by atomic mass is 16.4. The number of carbonyl (C=O) groups is 1. The lowest BCUT2D eigenvalue weighted by Gasteiger charge is -2.31.